The minimum absolute atomic E-state index is 0.0221. The van der Waals surface area contributed by atoms with Crippen molar-refractivity contribution < 1.29 is 5.11 Å². The number of nitrogens with one attached hydrogen (secondary N) is 1. The van der Waals surface area contributed by atoms with E-state index >= 15 is 0 Å². The average Bonchev–Trinajstić information content (AvgIpc) is 3.04. The van der Waals surface area contributed by atoms with Crippen molar-refractivity contribution in [2.24, 2.45) is 0 Å². The summed E-state index contributed by atoms with van der Waals surface area (Å²) in [5.74, 6) is 0.753. The molecule has 0 saturated carbocycles. The summed E-state index contributed by atoms with van der Waals surface area (Å²) in [5, 5.41) is 12.4. The van der Waals surface area contributed by atoms with E-state index in [1.54, 1.807) is 12.4 Å². The summed E-state index contributed by atoms with van der Waals surface area (Å²) in [6.07, 6.45) is 3.48. The number of rotatable bonds is 6. The number of aliphatic hydroxyl groups excluding tert-OH is 1. The molecular formula is C19H18BrN7O. The van der Waals surface area contributed by atoms with Crippen molar-refractivity contribution in [2.45, 2.75) is 19.7 Å². The molecule has 0 aliphatic carbocycles. The number of aliphatic hydroxyl groups is 1. The normalized spacial score (nSPS) is 11.1. The van der Waals surface area contributed by atoms with Gasteiger partial charge < -0.3 is 16.2 Å². The van der Waals surface area contributed by atoms with E-state index < -0.39 is 0 Å². The third-order valence-corrected chi connectivity index (χ3v) is 4.93. The van der Waals surface area contributed by atoms with Gasteiger partial charge in [-0.15, -0.1) is 0 Å². The second-order valence-corrected chi connectivity index (χ2v) is 6.96. The molecule has 0 fully saturated rings. The van der Waals surface area contributed by atoms with Crippen LogP contribution in [0.2, 0.25) is 0 Å². The first-order valence-corrected chi connectivity index (χ1v) is 9.44. The Bertz CT molecular complexity index is 1100. The van der Waals surface area contributed by atoms with E-state index in [9.17, 15) is 5.11 Å². The van der Waals surface area contributed by atoms with E-state index in [-0.39, 0.29) is 6.61 Å². The lowest BCUT2D eigenvalue weighted by Gasteiger charge is -2.09. The van der Waals surface area contributed by atoms with Crippen molar-refractivity contribution in [1.82, 2.24) is 24.5 Å². The highest BCUT2D eigenvalue weighted by Gasteiger charge is 2.15. The van der Waals surface area contributed by atoms with Gasteiger partial charge in [0.05, 0.1) is 13.2 Å². The van der Waals surface area contributed by atoms with Crippen LogP contribution in [0.3, 0.4) is 0 Å². The molecule has 28 heavy (non-hydrogen) atoms. The summed E-state index contributed by atoms with van der Waals surface area (Å²) in [7, 11) is 0. The maximum atomic E-state index is 9.20. The molecule has 0 radical (unpaired) electrons. The smallest absolute Gasteiger partial charge is 0.227 e. The lowest BCUT2D eigenvalue weighted by molar-refractivity contribution is 0.282. The maximum Gasteiger partial charge on any atom is 0.227 e. The molecule has 4 rings (SSSR count). The van der Waals surface area contributed by atoms with Crippen molar-refractivity contribution in [1.29, 1.82) is 0 Å². The Labute approximate surface area is 169 Å². The van der Waals surface area contributed by atoms with Crippen molar-refractivity contribution in [3.63, 3.8) is 0 Å². The minimum Gasteiger partial charge on any atom is -0.392 e. The predicted octanol–water partition coefficient (Wildman–Crippen LogP) is 2.72. The number of benzene rings is 1. The first kappa shape index (κ1) is 18.3. The Balaban J connectivity index is 1.64. The molecule has 1 aromatic carbocycles. The number of nitrogens with zero attached hydrogens (tertiary/aromatic N) is 5. The van der Waals surface area contributed by atoms with E-state index in [0.717, 1.165) is 16.7 Å². The van der Waals surface area contributed by atoms with Crippen LogP contribution < -0.4 is 11.1 Å². The second-order valence-electron chi connectivity index (χ2n) is 6.26. The number of fused-ring (bicyclic) bond motifs is 1. The summed E-state index contributed by atoms with van der Waals surface area (Å²) >= 11 is 3.49. The van der Waals surface area contributed by atoms with Gasteiger partial charge >= 0.3 is 0 Å². The third kappa shape index (κ3) is 3.80. The van der Waals surface area contributed by atoms with Crippen LogP contribution in [0.1, 0.15) is 16.7 Å². The zero-order valence-electron chi connectivity index (χ0n) is 14.9. The van der Waals surface area contributed by atoms with Crippen molar-refractivity contribution in [3.8, 4) is 0 Å². The number of pyridine rings is 1. The molecule has 0 aliphatic heterocycles. The highest BCUT2D eigenvalue weighted by Crippen LogP contribution is 2.25. The summed E-state index contributed by atoms with van der Waals surface area (Å²) in [4.78, 5) is 17.4. The van der Waals surface area contributed by atoms with Gasteiger partial charge in [0, 0.05) is 18.9 Å². The lowest BCUT2D eigenvalue weighted by atomic mass is 10.1. The molecular weight excluding hydrogens is 422 g/mol. The molecule has 4 N–H and O–H groups in total. The van der Waals surface area contributed by atoms with Gasteiger partial charge in [-0.05, 0) is 44.8 Å². The van der Waals surface area contributed by atoms with Crippen LogP contribution in [0.25, 0.3) is 11.2 Å². The molecule has 3 aromatic heterocycles. The highest BCUT2D eigenvalue weighted by atomic mass is 79.9. The molecule has 142 valence electrons. The highest BCUT2D eigenvalue weighted by molar-refractivity contribution is 9.10. The Morgan fingerprint density at radius 2 is 1.68 bits per heavy atom. The molecule has 0 aliphatic rings. The standard InChI is InChI=1S/C19H18BrN7O/c20-18-24-15-16(21)25-19(23-9-12-5-7-22-8-6-12)26-17(15)27(18)10-13-1-3-14(11-28)4-2-13/h1-8,28H,9-11H2,(H3,21,23,25,26). The molecule has 0 spiro atoms. The van der Waals surface area contributed by atoms with E-state index in [1.165, 1.54) is 0 Å². The van der Waals surface area contributed by atoms with Crippen LogP contribution in [0.4, 0.5) is 11.8 Å². The first-order valence-electron chi connectivity index (χ1n) is 8.64. The lowest BCUT2D eigenvalue weighted by Crippen LogP contribution is -2.08. The number of nitrogens with two attached hydrogens (primary N) is 1. The SMILES string of the molecule is Nc1nc(NCc2ccncc2)nc2c1nc(Br)n2Cc1ccc(CO)cc1. The van der Waals surface area contributed by atoms with Crippen LogP contribution in [0.5, 0.6) is 0 Å². The van der Waals surface area contributed by atoms with Crippen molar-refractivity contribution >= 4 is 38.9 Å². The Kier molecular flexibility index (Phi) is 5.18. The fourth-order valence-corrected chi connectivity index (χ4v) is 3.30. The summed E-state index contributed by atoms with van der Waals surface area (Å²) in [6, 6.07) is 11.6. The fraction of sp³-hybridized carbons (Fsp3) is 0.158. The Morgan fingerprint density at radius 1 is 0.964 bits per heavy atom. The number of imidazole rings is 1. The topological polar surface area (TPSA) is 115 Å². The monoisotopic (exact) mass is 439 g/mol. The molecule has 0 saturated heterocycles. The predicted molar refractivity (Wildman–Crippen MR) is 110 cm³/mol. The zero-order chi connectivity index (χ0) is 19.5. The summed E-state index contributed by atoms with van der Waals surface area (Å²) < 4.78 is 2.56. The van der Waals surface area contributed by atoms with E-state index in [1.807, 2.05) is 41.0 Å². The third-order valence-electron chi connectivity index (χ3n) is 4.32. The van der Waals surface area contributed by atoms with Gasteiger partial charge in [-0.25, -0.2) is 4.98 Å². The molecule has 4 aromatic rings. The molecule has 0 bridgehead atoms. The number of anilines is 2. The number of hydrogen-bond donors (Lipinski definition) is 3. The van der Waals surface area contributed by atoms with Gasteiger partial charge in [0.25, 0.3) is 0 Å². The van der Waals surface area contributed by atoms with Crippen LogP contribution in [-0.4, -0.2) is 29.6 Å². The quantitative estimate of drug-likeness (QED) is 0.395. The van der Waals surface area contributed by atoms with Crippen LogP contribution in [-0.2, 0) is 19.7 Å². The van der Waals surface area contributed by atoms with Gasteiger partial charge in [-0.1, -0.05) is 24.3 Å². The average molecular weight is 440 g/mol. The molecule has 0 amide bonds. The largest absolute Gasteiger partial charge is 0.392 e. The number of hydrogen-bond acceptors (Lipinski definition) is 7. The molecule has 0 unspecified atom stereocenters. The van der Waals surface area contributed by atoms with Crippen LogP contribution in [0.15, 0.2) is 53.5 Å². The Hall–Kier alpha value is -3.04. The van der Waals surface area contributed by atoms with Crippen molar-refractivity contribution in [2.75, 3.05) is 11.1 Å². The Morgan fingerprint density at radius 3 is 2.39 bits per heavy atom. The van der Waals surface area contributed by atoms with E-state index in [4.69, 9.17) is 5.73 Å². The number of aromatic nitrogens is 5. The maximum absolute atomic E-state index is 9.20. The van der Waals surface area contributed by atoms with E-state index in [0.29, 0.717) is 40.8 Å². The fourth-order valence-electron chi connectivity index (χ4n) is 2.83. The first-order chi connectivity index (χ1) is 13.6. The molecule has 9 heteroatoms. The molecule has 8 nitrogen and oxygen atoms in total. The number of nitrogen functional groups attached to an aromatic ring is 1. The van der Waals surface area contributed by atoms with Gasteiger partial charge in [0.1, 0.15) is 0 Å². The number of halogens is 1. The van der Waals surface area contributed by atoms with Gasteiger partial charge in [-0.3, -0.25) is 9.55 Å². The van der Waals surface area contributed by atoms with Gasteiger partial charge in [0.2, 0.25) is 5.95 Å². The molecule has 0 atom stereocenters. The van der Waals surface area contributed by atoms with Crippen LogP contribution in [0, 0.1) is 0 Å². The summed E-state index contributed by atoms with van der Waals surface area (Å²) in [6.45, 7) is 1.14. The molecule has 3 heterocycles. The van der Waals surface area contributed by atoms with Crippen LogP contribution >= 0.6 is 15.9 Å². The zero-order valence-corrected chi connectivity index (χ0v) is 16.5. The van der Waals surface area contributed by atoms with Gasteiger partial charge in [-0.2, -0.15) is 9.97 Å². The summed E-state index contributed by atoms with van der Waals surface area (Å²) in [5.41, 5.74) is 10.3. The van der Waals surface area contributed by atoms with Gasteiger partial charge in [0.15, 0.2) is 21.7 Å². The van der Waals surface area contributed by atoms with Crippen molar-refractivity contribution in [3.05, 3.63) is 70.2 Å². The van der Waals surface area contributed by atoms with E-state index in [2.05, 4.69) is 41.2 Å². The minimum atomic E-state index is 0.0221. The second kappa shape index (κ2) is 7.91.